The van der Waals surface area contributed by atoms with Crippen molar-refractivity contribution in [3.05, 3.63) is 53.1 Å². The maximum atomic E-state index is 12.0. The van der Waals surface area contributed by atoms with Crippen LogP contribution in [0.3, 0.4) is 0 Å². The van der Waals surface area contributed by atoms with Crippen molar-refractivity contribution >= 4 is 5.97 Å². The van der Waals surface area contributed by atoms with Crippen molar-refractivity contribution in [1.29, 1.82) is 0 Å². The number of esters is 1. The molecule has 1 aliphatic heterocycles. The highest BCUT2D eigenvalue weighted by atomic mass is 16.5. The van der Waals surface area contributed by atoms with Crippen LogP contribution in [0.1, 0.15) is 27.9 Å². The van der Waals surface area contributed by atoms with E-state index in [2.05, 4.69) is 0 Å². The molecule has 1 heterocycles. The van der Waals surface area contributed by atoms with Crippen LogP contribution in [-0.2, 0) is 17.6 Å². The minimum Gasteiger partial charge on any atom is -0.508 e. The molecular weight excluding hydrogens is 284 g/mol. The normalized spacial score (nSPS) is 16.9. The third-order valence-corrected chi connectivity index (χ3v) is 3.80. The van der Waals surface area contributed by atoms with Crippen LogP contribution in [0.4, 0.5) is 0 Å². The number of aryl methyl sites for hydroxylation is 1. The number of hydrogen-bond acceptors (Lipinski definition) is 5. The average molecular weight is 300 g/mol. The van der Waals surface area contributed by atoms with Gasteiger partial charge < -0.3 is 20.1 Å². The van der Waals surface area contributed by atoms with Crippen LogP contribution in [0.5, 0.6) is 17.2 Å². The summed E-state index contributed by atoms with van der Waals surface area (Å²) >= 11 is 0. The highest BCUT2D eigenvalue weighted by molar-refractivity contribution is 5.95. The van der Waals surface area contributed by atoms with Gasteiger partial charge in [0.15, 0.2) is 0 Å². The van der Waals surface area contributed by atoms with Crippen LogP contribution in [-0.4, -0.2) is 27.4 Å². The van der Waals surface area contributed by atoms with Crippen LogP contribution in [0.2, 0.25) is 0 Å². The Morgan fingerprint density at radius 1 is 1.05 bits per heavy atom. The molecule has 0 saturated heterocycles. The minimum absolute atomic E-state index is 0.0664. The molecule has 0 radical (unpaired) electrons. The fraction of sp³-hybridized carbons (Fsp3) is 0.235. The number of fused-ring (bicyclic) bond motifs is 1. The zero-order valence-electron chi connectivity index (χ0n) is 11.8. The van der Waals surface area contributed by atoms with E-state index in [-0.39, 0.29) is 28.9 Å². The quantitative estimate of drug-likeness (QED) is 0.758. The lowest BCUT2D eigenvalue weighted by atomic mass is 9.94. The van der Waals surface area contributed by atoms with E-state index in [1.165, 1.54) is 6.07 Å². The Kier molecular flexibility index (Phi) is 3.63. The van der Waals surface area contributed by atoms with Crippen molar-refractivity contribution in [3.8, 4) is 17.2 Å². The number of hydrogen-bond donors (Lipinski definition) is 3. The van der Waals surface area contributed by atoms with Crippen molar-refractivity contribution in [2.45, 2.75) is 25.4 Å². The monoisotopic (exact) mass is 300 g/mol. The van der Waals surface area contributed by atoms with E-state index in [0.29, 0.717) is 24.8 Å². The molecule has 1 unspecified atom stereocenters. The lowest BCUT2D eigenvalue weighted by Gasteiger charge is -2.25. The molecule has 0 aliphatic carbocycles. The predicted octanol–water partition coefficient (Wildman–Crippen LogP) is 2.52. The molecule has 0 saturated carbocycles. The van der Waals surface area contributed by atoms with Crippen molar-refractivity contribution < 1.29 is 24.9 Å². The molecule has 1 atom stereocenters. The highest BCUT2D eigenvalue weighted by Crippen LogP contribution is 2.33. The third kappa shape index (κ3) is 2.83. The van der Waals surface area contributed by atoms with E-state index >= 15 is 0 Å². The van der Waals surface area contributed by atoms with Gasteiger partial charge in [0.05, 0.1) is 0 Å². The van der Waals surface area contributed by atoms with Crippen LogP contribution in [0.15, 0.2) is 36.4 Å². The summed E-state index contributed by atoms with van der Waals surface area (Å²) in [7, 11) is 0. The Balaban J connectivity index is 1.72. The summed E-state index contributed by atoms with van der Waals surface area (Å²) in [4.78, 5) is 12.0. The molecule has 2 aromatic rings. The Morgan fingerprint density at radius 2 is 1.77 bits per heavy atom. The molecule has 0 bridgehead atoms. The van der Waals surface area contributed by atoms with E-state index in [9.17, 15) is 20.1 Å². The summed E-state index contributed by atoms with van der Waals surface area (Å²) in [5.41, 5.74) is 1.78. The SMILES string of the molecule is O=C1OC(CCc2ccc(O)cc2)Cc2cc(O)cc(O)c21. The van der Waals surface area contributed by atoms with Gasteiger partial charge in [0.2, 0.25) is 0 Å². The molecule has 3 N–H and O–H groups in total. The van der Waals surface area contributed by atoms with E-state index in [1.54, 1.807) is 12.1 Å². The first kappa shape index (κ1) is 14.3. The standard InChI is InChI=1S/C17H16O5/c18-12-4-1-10(2-5-12)3-6-14-8-11-7-13(19)9-15(20)16(11)17(21)22-14/h1-2,4-5,7,9,14,18-20H,3,6,8H2. The Morgan fingerprint density at radius 3 is 2.50 bits per heavy atom. The van der Waals surface area contributed by atoms with Gasteiger partial charge in [0, 0.05) is 12.5 Å². The van der Waals surface area contributed by atoms with Crippen molar-refractivity contribution in [2.75, 3.05) is 0 Å². The fourth-order valence-electron chi connectivity index (χ4n) is 2.71. The second-order valence-corrected chi connectivity index (χ2v) is 5.44. The molecule has 2 aromatic carbocycles. The van der Waals surface area contributed by atoms with Gasteiger partial charge in [-0.1, -0.05) is 12.1 Å². The molecule has 5 nitrogen and oxygen atoms in total. The summed E-state index contributed by atoms with van der Waals surface area (Å²) in [5.74, 6) is -0.664. The number of carbonyl (C=O) groups excluding carboxylic acids is 1. The summed E-state index contributed by atoms with van der Waals surface area (Å²) < 4.78 is 5.35. The van der Waals surface area contributed by atoms with E-state index < -0.39 is 5.97 Å². The smallest absolute Gasteiger partial charge is 0.342 e. The van der Waals surface area contributed by atoms with E-state index in [1.807, 2.05) is 12.1 Å². The van der Waals surface area contributed by atoms with Gasteiger partial charge in [0.25, 0.3) is 0 Å². The molecule has 0 amide bonds. The predicted molar refractivity (Wildman–Crippen MR) is 79.1 cm³/mol. The van der Waals surface area contributed by atoms with Gasteiger partial charge in [0.1, 0.15) is 28.9 Å². The molecule has 114 valence electrons. The number of carbonyl (C=O) groups is 1. The van der Waals surface area contributed by atoms with Crippen molar-refractivity contribution in [3.63, 3.8) is 0 Å². The Bertz CT molecular complexity index is 706. The van der Waals surface area contributed by atoms with Crippen molar-refractivity contribution in [1.82, 2.24) is 0 Å². The van der Waals surface area contributed by atoms with Crippen molar-refractivity contribution in [2.24, 2.45) is 0 Å². The number of ether oxygens (including phenoxy) is 1. The number of benzene rings is 2. The zero-order chi connectivity index (χ0) is 15.7. The second kappa shape index (κ2) is 5.60. The first-order valence-corrected chi connectivity index (χ1v) is 7.06. The lowest BCUT2D eigenvalue weighted by Crippen LogP contribution is -2.28. The van der Waals surface area contributed by atoms with E-state index in [4.69, 9.17) is 4.74 Å². The zero-order valence-corrected chi connectivity index (χ0v) is 11.8. The van der Waals surface area contributed by atoms with Crippen LogP contribution >= 0.6 is 0 Å². The molecular formula is C17H16O5. The average Bonchev–Trinajstić information content (AvgIpc) is 2.45. The highest BCUT2D eigenvalue weighted by Gasteiger charge is 2.29. The molecule has 0 fully saturated rings. The molecule has 5 heteroatoms. The molecule has 22 heavy (non-hydrogen) atoms. The van der Waals surface area contributed by atoms with Gasteiger partial charge in [-0.3, -0.25) is 0 Å². The number of phenols is 3. The van der Waals surface area contributed by atoms with Gasteiger partial charge in [-0.2, -0.15) is 0 Å². The summed E-state index contributed by atoms with van der Waals surface area (Å²) in [6.45, 7) is 0. The second-order valence-electron chi connectivity index (χ2n) is 5.44. The molecule has 0 spiro atoms. The number of aromatic hydroxyl groups is 3. The number of phenolic OH excluding ortho intramolecular Hbond substituents is 3. The van der Waals surface area contributed by atoms with Crippen LogP contribution < -0.4 is 0 Å². The summed E-state index contributed by atoms with van der Waals surface area (Å²) in [6, 6.07) is 9.51. The first-order chi connectivity index (χ1) is 10.5. The molecule has 3 rings (SSSR count). The summed E-state index contributed by atoms with van der Waals surface area (Å²) in [6.07, 6.45) is 1.50. The van der Waals surface area contributed by atoms with Gasteiger partial charge in [-0.05, 0) is 42.2 Å². The number of rotatable bonds is 3. The van der Waals surface area contributed by atoms with Crippen LogP contribution in [0.25, 0.3) is 0 Å². The molecule has 1 aliphatic rings. The first-order valence-electron chi connectivity index (χ1n) is 7.06. The lowest BCUT2D eigenvalue weighted by molar-refractivity contribution is 0.0234. The maximum Gasteiger partial charge on any atom is 0.342 e. The fourth-order valence-corrected chi connectivity index (χ4v) is 2.71. The molecule has 0 aromatic heterocycles. The summed E-state index contributed by atoms with van der Waals surface area (Å²) in [5, 5.41) is 28.5. The maximum absolute atomic E-state index is 12.0. The third-order valence-electron chi connectivity index (χ3n) is 3.80. The van der Waals surface area contributed by atoms with Gasteiger partial charge >= 0.3 is 5.97 Å². The number of cyclic esters (lactones) is 1. The van der Waals surface area contributed by atoms with Gasteiger partial charge in [-0.25, -0.2) is 4.79 Å². The topological polar surface area (TPSA) is 87.0 Å². The van der Waals surface area contributed by atoms with Crippen LogP contribution in [0, 0.1) is 0 Å². The minimum atomic E-state index is -0.561. The largest absolute Gasteiger partial charge is 0.508 e. The van der Waals surface area contributed by atoms with Gasteiger partial charge in [-0.15, -0.1) is 0 Å². The Hall–Kier alpha value is -2.69. The Labute approximate surface area is 127 Å². The van der Waals surface area contributed by atoms with E-state index in [0.717, 1.165) is 11.6 Å².